The molecule has 0 bridgehead atoms. The van der Waals surface area contributed by atoms with Crippen LogP contribution in [-0.4, -0.2) is 18.0 Å². The van der Waals surface area contributed by atoms with Crippen LogP contribution in [-0.2, 0) is 0 Å². The van der Waals surface area contributed by atoms with Crippen LogP contribution in [0.1, 0.15) is 17.3 Å². The van der Waals surface area contributed by atoms with Crippen LogP contribution >= 0.6 is 0 Å². The number of rotatable bonds is 2. The van der Waals surface area contributed by atoms with Crippen LogP contribution in [0.3, 0.4) is 0 Å². The molecule has 0 aliphatic carbocycles. The summed E-state index contributed by atoms with van der Waals surface area (Å²) < 4.78 is 0. The van der Waals surface area contributed by atoms with Crippen molar-refractivity contribution in [2.45, 2.75) is 6.92 Å². The zero-order chi connectivity index (χ0) is 9.14. The largest absolute Gasteiger partial charge is 1.00 e. The van der Waals surface area contributed by atoms with Crippen molar-refractivity contribution in [1.82, 2.24) is 0 Å². The molecule has 0 radical (unpaired) electrons. The van der Waals surface area contributed by atoms with Crippen molar-refractivity contribution in [3.63, 3.8) is 0 Å². The van der Waals surface area contributed by atoms with Gasteiger partial charge in [-0.25, -0.2) is 5.21 Å². The zero-order valence-corrected chi connectivity index (χ0v) is 8.30. The van der Waals surface area contributed by atoms with E-state index in [1.807, 2.05) is 0 Å². The van der Waals surface area contributed by atoms with Crippen LogP contribution in [0.4, 0.5) is 5.69 Å². The molecule has 0 aliphatic heterocycles. The highest BCUT2D eigenvalue weighted by molar-refractivity contribution is 5.94. The van der Waals surface area contributed by atoms with Crippen molar-refractivity contribution in [3.05, 3.63) is 29.8 Å². The molecule has 72 valence electrons. The van der Waals surface area contributed by atoms with Crippen LogP contribution in [0.25, 0.3) is 0 Å². The van der Waals surface area contributed by atoms with E-state index in [1.54, 1.807) is 31.3 Å². The summed E-state index contributed by atoms with van der Waals surface area (Å²) >= 11 is 0. The van der Waals surface area contributed by atoms with Gasteiger partial charge in [0.05, 0.1) is 0 Å². The molecule has 0 aliphatic rings. The van der Waals surface area contributed by atoms with Gasteiger partial charge in [-0.05, 0) is 6.92 Å². The van der Waals surface area contributed by atoms with Crippen molar-refractivity contribution < 1.29 is 27.5 Å². The number of quaternary nitrogens is 1. The summed E-state index contributed by atoms with van der Waals surface area (Å²) in [6.45, 7) is 1.51. The van der Waals surface area contributed by atoms with Crippen LogP contribution < -0.4 is 17.5 Å². The Morgan fingerprint density at radius 2 is 2.08 bits per heavy atom. The first-order chi connectivity index (χ1) is 5.61. The fourth-order valence-electron chi connectivity index (χ4n) is 0.963. The van der Waals surface area contributed by atoms with E-state index in [0.29, 0.717) is 11.3 Å². The van der Waals surface area contributed by atoms with Gasteiger partial charge >= 0.3 is 0 Å². The number of hydrogen-bond acceptors (Lipinski definition) is 2. The number of benzene rings is 1. The second kappa shape index (κ2) is 4.97. The standard InChI is InChI=1S/C9H11NO2.ClH/c1-7(11)8-4-3-5-9(6-8)10(2)12;/h3-6,12H,1-2H3;1H. The van der Waals surface area contributed by atoms with Crippen LogP contribution in [0.15, 0.2) is 24.3 Å². The number of carbonyl (C=O) groups excluding carboxylic acids is 1. The summed E-state index contributed by atoms with van der Waals surface area (Å²) in [5, 5.41) is 9.37. The third-order valence-corrected chi connectivity index (χ3v) is 1.69. The van der Waals surface area contributed by atoms with E-state index in [1.165, 1.54) is 6.92 Å². The van der Waals surface area contributed by atoms with Crippen molar-refractivity contribution in [1.29, 1.82) is 0 Å². The molecule has 0 amide bonds. The second-order valence-electron chi connectivity index (χ2n) is 2.72. The molecule has 1 aromatic carbocycles. The number of ketones is 1. The molecular formula is C9H12ClNO2. The van der Waals surface area contributed by atoms with Gasteiger partial charge < -0.3 is 12.4 Å². The van der Waals surface area contributed by atoms with Crippen molar-refractivity contribution in [2.75, 3.05) is 7.05 Å². The van der Waals surface area contributed by atoms with E-state index in [0.717, 1.165) is 0 Å². The van der Waals surface area contributed by atoms with E-state index in [2.05, 4.69) is 0 Å². The highest BCUT2D eigenvalue weighted by Crippen LogP contribution is 2.06. The summed E-state index contributed by atoms with van der Waals surface area (Å²) in [5.41, 5.74) is 1.32. The Kier molecular flexibility index (Phi) is 4.62. The maximum atomic E-state index is 10.9. The van der Waals surface area contributed by atoms with E-state index in [-0.39, 0.29) is 23.3 Å². The minimum Gasteiger partial charge on any atom is -1.00 e. The summed E-state index contributed by atoms with van der Waals surface area (Å²) in [7, 11) is 1.60. The first-order valence-corrected chi connectivity index (χ1v) is 3.75. The van der Waals surface area contributed by atoms with Gasteiger partial charge in [0, 0.05) is 17.7 Å². The Hall–Kier alpha value is -0.900. The average Bonchev–Trinajstić information content (AvgIpc) is 2.04. The highest BCUT2D eigenvalue weighted by Gasteiger charge is 2.05. The fourth-order valence-corrected chi connectivity index (χ4v) is 0.963. The second-order valence-corrected chi connectivity index (χ2v) is 2.72. The molecule has 0 spiro atoms. The lowest BCUT2D eigenvalue weighted by atomic mass is 10.1. The number of halogens is 1. The molecule has 0 heterocycles. The van der Waals surface area contributed by atoms with Gasteiger partial charge in [-0.3, -0.25) is 4.79 Å². The summed E-state index contributed by atoms with van der Waals surface area (Å²) in [4.78, 5) is 10.9. The Bertz CT molecular complexity index is 299. The molecule has 3 nitrogen and oxygen atoms in total. The quantitative estimate of drug-likeness (QED) is 0.408. The molecule has 0 aromatic heterocycles. The van der Waals surface area contributed by atoms with Gasteiger partial charge in [-0.1, -0.05) is 12.1 Å². The predicted octanol–water partition coefficient (Wildman–Crippen LogP) is -2.57. The summed E-state index contributed by atoms with van der Waals surface area (Å²) in [6.07, 6.45) is 0. The van der Waals surface area contributed by atoms with Gasteiger partial charge in [-0.15, -0.1) is 0 Å². The topological polar surface area (TPSA) is 41.7 Å². The van der Waals surface area contributed by atoms with E-state index < -0.39 is 0 Å². The number of nitrogens with one attached hydrogen (secondary N) is 1. The summed E-state index contributed by atoms with van der Waals surface area (Å²) in [5.74, 6) is 0.0121. The minimum absolute atomic E-state index is 0. The minimum atomic E-state index is 0. The lowest BCUT2D eigenvalue weighted by molar-refractivity contribution is -1.02. The third-order valence-electron chi connectivity index (χ3n) is 1.69. The smallest absolute Gasteiger partial charge is 0.163 e. The fraction of sp³-hybridized carbons (Fsp3) is 0.222. The number of carbonyl (C=O) groups is 1. The average molecular weight is 202 g/mol. The SMILES string of the molecule is CC(=O)c1cccc([NH+](C)O)c1.[Cl-]. The van der Waals surface area contributed by atoms with Gasteiger partial charge in [0.1, 0.15) is 7.05 Å². The monoisotopic (exact) mass is 201 g/mol. The first-order valence-electron chi connectivity index (χ1n) is 3.75. The Labute approximate surface area is 83.3 Å². The molecule has 13 heavy (non-hydrogen) atoms. The zero-order valence-electron chi connectivity index (χ0n) is 7.54. The maximum absolute atomic E-state index is 10.9. The third kappa shape index (κ3) is 3.14. The Morgan fingerprint density at radius 3 is 2.54 bits per heavy atom. The normalized spacial score (nSPS) is 11.6. The van der Waals surface area contributed by atoms with Gasteiger partial charge in [0.2, 0.25) is 0 Å². The molecule has 0 saturated carbocycles. The molecule has 0 fully saturated rings. The lowest BCUT2D eigenvalue weighted by Crippen LogP contribution is -3.01. The molecular weight excluding hydrogens is 190 g/mol. The van der Waals surface area contributed by atoms with E-state index in [9.17, 15) is 4.79 Å². The van der Waals surface area contributed by atoms with Crippen LogP contribution in [0.5, 0.6) is 0 Å². The van der Waals surface area contributed by atoms with Crippen molar-refractivity contribution in [2.24, 2.45) is 0 Å². The molecule has 1 rings (SSSR count). The molecule has 4 heteroatoms. The molecule has 1 aromatic rings. The van der Waals surface area contributed by atoms with E-state index in [4.69, 9.17) is 5.21 Å². The van der Waals surface area contributed by atoms with Crippen LogP contribution in [0, 0.1) is 0 Å². The maximum Gasteiger partial charge on any atom is 0.163 e. The molecule has 1 atom stereocenters. The van der Waals surface area contributed by atoms with Crippen molar-refractivity contribution in [3.8, 4) is 0 Å². The lowest BCUT2D eigenvalue weighted by Gasteiger charge is -2.03. The molecule has 2 N–H and O–H groups in total. The predicted molar refractivity (Wildman–Crippen MR) is 44.8 cm³/mol. The number of hydroxylamine groups is 1. The number of Topliss-reactive ketones (excluding diaryl/α,β-unsaturated/α-hetero) is 1. The van der Waals surface area contributed by atoms with Gasteiger partial charge in [0.15, 0.2) is 11.5 Å². The van der Waals surface area contributed by atoms with Crippen LogP contribution in [0.2, 0.25) is 0 Å². The summed E-state index contributed by atoms with van der Waals surface area (Å²) in [6, 6.07) is 6.93. The van der Waals surface area contributed by atoms with Gasteiger partial charge in [-0.2, -0.15) is 5.06 Å². The molecule has 1 unspecified atom stereocenters. The van der Waals surface area contributed by atoms with Gasteiger partial charge in [0.25, 0.3) is 0 Å². The molecule has 0 saturated heterocycles. The van der Waals surface area contributed by atoms with Crippen molar-refractivity contribution >= 4 is 11.5 Å². The Morgan fingerprint density at radius 1 is 1.46 bits per heavy atom. The first kappa shape index (κ1) is 12.1. The van der Waals surface area contributed by atoms with E-state index >= 15 is 0 Å². The highest BCUT2D eigenvalue weighted by atomic mass is 35.5. The Balaban J connectivity index is 0.00000144. The number of hydrogen-bond donors (Lipinski definition) is 2.